The van der Waals surface area contributed by atoms with Gasteiger partial charge in [0.05, 0.1) is 17.4 Å². The van der Waals surface area contributed by atoms with Crippen LogP contribution >= 0.6 is 0 Å². The number of nitrogens with zero attached hydrogens (tertiary/aromatic N) is 4. The molecule has 8 heteroatoms. The maximum atomic E-state index is 12.1. The molecule has 2 amide bonds. The standard InChI is InChI=1S/C15H22N4O2.C15H18N2/c1-3-11-7-12(8-17-13(11)16)18-14(20)15(21)19-6-4-5-10(2)9-19;1-17-8-6-12(7-9-17)14-10-13-4-2-3-5-15(13)16-11-14/h7-8,10H,3-6,9H2,1-2H3,(H2,16,17)(H,18,20);2-5,10-12H,6-9H2,1H3. The number of anilines is 2. The van der Waals surface area contributed by atoms with E-state index in [2.05, 4.69) is 64.6 Å². The summed E-state index contributed by atoms with van der Waals surface area (Å²) in [6, 6.07) is 12.4. The van der Waals surface area contributed by atoms with E-state index in [0.29, 0.717) is 36.4 Å². The number of aromatic nitrogens is 2. The average molecular weight is 517 g/mol. The number of likely N-dealkylation sites (tertiary alicyclic amines) is 2. The second-order valence-corrected chi connectivity index (χ2v) is 10.6. The Morgan fingerprint density at radius 1 is 1.05 bits per heavy atom. The van der Waals surface area contributed by atoms with Gasteiger partial charge < -0.3 is 20.9 Å². The number of carbonyl (C=O) groups is 2. The van der Waals surface area contributed by atoms with Crippen molar-refractivity contribution < 1.29 is 9.59 Å². The molecule has 38 heavy (non-hydrogen) atoms. The van der Waals surface area contributed by atoms with Crippen LogP contribution in [-0.4, -0.2) is 64.8 Å². The second kappa shape index (κ2) is 12.8. The number of hydrogen-bond acceptors (Lipinski definition) is 6. The third-order valence-corrected chi connectivity index (χ3v) is 7.58. The molecule has 202 valence electrons. The van der Waals surface area contributed by atoms with E-state index in [1.807, 2.05) is 13.0 Å². The lowest BCUT2D eigenvalue weighted by molar-refractivity contribution is -0.144. The van der Waals surface area contributed by atoms with Crippen molar-refractivity contribution in [2.24, 2.45) is 5.92 Å². The van der Waals surface area contributed by atoms with Gasteiger partial charge in [-0.3, -0.25) is 14.6 Å². The fraction of sp³-hybridized carbons (Fsp3) is 0.467. The first-order valence-electron chi connectivity index (χ1n) is 13.7. The van der Waals surface area contributed by atoms with Crippen molar-refractivity contribution in [3.63, 3.8) is 0 Å². The van der Waals surface area contributed by atoms with Gasteiger partial charge >= 0.3 is 11.8 Å². The number of benzene rings is 1. The van der Waals surface area contributed by atoms with E-state index in [0.717, 1.165) is 30.3 Å². The highest BCUT2D eigenvalue weighted by atomic mass is 16.2. The fourth-order valence-corrected chi connectivity index (χ4v) is 5.23. The maximum absolute atomic E-state index is 12.1. The summed E-state index contributed by atoms with van der Waals surface area (Å²) < 4.78 is 0. The summed E-state index contributed by atoms with van der Waals surface area (Å²) >= 11 is 0. The zero-order valence-corrected chi connectivity index (χ0v) is 22.8. The Morgan fingerprint density at radius 3 is 2.55 bits per heavy atom. The second-order valence-electron chi connectivity index (χ2n) is 10.6. The number of piperidine rings is 2. The number of nitrogens with one attached hydrogen (secondary N) is 1. The zero-order chi connectivity index (χ0) is 27.1. The number of nitrogen functional groups attached to an aromatic ring is 1. The number of amides is 2. The van der Waals surface area contributed by atoms with E-state index in [1.54, 1.807) is 11.0 Å². The van der Waals surface area contributed by atoms with E-state index in [4.69, 9.17) is 5.73 Å². The predicted molar refractivity (Wildman–Crippen MR) is 153 cm³/mol. The lowest BCUT2D eigenvalue weighted by Crippen LogP contribution is -2.44. The zero-order valence-electron chi connectivity index (χ0n) is 22.8. The first-order valence-corrected chi connectivity index (χ1v) is 13.7. The predicted octanol–water partition coefficient (Wildman–Crippen LogP) is 4.47. The van der Waals surface area contributed by atoms with Crippen LogP contribution in [-0.2, 0) is 16.0 Å². The van der Waals surface area contributed by atoms with E-state index in [1.165, 1.54) is 43.1 Å². The van der Waals surface area contributed by atoms with Gasteiger partial charge in [0.1, 0.15) is 5.82 Å². The Balaban J connectivity index is 0.000000180. The summed E-state index contributed by atoms with van der Waals surface area (Å²) in [6.45, 7) is 7.76. The van der Waals surface area contributed by atoms with Crippen molar-refractivity contribution in [1.82, 2.24) is 19.8 Å². The van der Waals surface area contributed by atoms with Gasteiger partial charge in [0.25, 0.3) is 0 Å². The van der Waals surface area contributed by atoms with Crippen molar-refractivity contribution in [2.75, 3.05) is 44.3 Å². The summed E-state index contributed by atoms with van der Waals surface area (Å²) in [4.78, 5) is 36.8. The minimum absolute atomic E-state index is 0.445. The van der Waals surface area contributed by atoms with Crippen LogP contribution in [0, 0.1) is 5.92 Å². The highest BCUT2D eigenvalue weighted by molar-refractivity contribution is 6.39. The number of hydrogen-bond donors (Lipinski definition) is 2. The van der Waals surface area contributed by atoms with Crippen molar-refractivity contribution in [2.45, 2.75) is 51.9 Å². The number of pyridine rings is 2. The molecule has 4 heterocycles. The molecule has 2 aliphatic heterocycles. The van der Waals surface area contributed by atoms with Gasteiger partial charge in [-0.2, -0.15) is 0 Å². The Bertz CT molecular complexity index is 1250. The van der Waals surface area contributed by atoms with E-state index >= 15 is 0 Å². The SMILES string of the molecule is CCc1cc(NC(=O)C(=O)N2CCCC(C)C2)cnc1N.CN1CCC(c2cnc3ccccc3c2)CC1. The number of aryl methyl sites for hydroxylation is 1. The van der Waals surface area contributed by atoms with Gasteiger partial charge in [0.15, 0.2) is 0 Å². The molecule has 0 aliphatic carbocycles. The Hall–Kier alpha value is -3.52. The van der Waals surface area contributed by atoms with Gasteiger partial charge in [0, 0.05) is 24.7 Å². The van der Waals surface area contributed by atoms with Crippen molar-refractivity contribution in [3.8, 4) is 0 Å². The molecule has 3 aromatic rings. The van der Waals surface area contributed by atoms with E-state index < -0.39 is 11.8 Å². The number of carbonyl (C=O) groups excluding carboxylic acids is 2. The molecule has 0 radical (unpaired) electrons. The summed E-state index contributed by atoms with van der Waals surface area (Å²) in [5, 5.41) is 3.88. The molecule has 8 nitrogen and oxygen atoms in total. The summed E-state index contributed by atoms with van der Waals surface area (Å²) in [7, 11) is 2.20. The van der Waals surface area contributed by atoms with Crippen LogP contribution in [0.2, 0.25) is 0 Å². The number of fused-ring (bicyclic) bond motifs is 1. The first-order chi connectivity index (χ1) is 18.3. The van der Waals surface area contributed by atoms with Gasteiger partial charge in [-0.05, 0) is 93.4 Å². The monoisotopic (exact) mass is 516 g/mol. The van der Waals surface area contributed by atoms with Crippen LogP contribution in [0.15, 0.2) is 48.8 Å². The minimum Gasteiger partial charge on any atom is -0.383 e. The van der Waals surface area contributed by atoms with Gasteiger partial charge in [0.2, 0.25) is 0 Å². The van der Waals surface area contributed by atoms with E-state index in [-0.39, 0.29) is 0 Å². The molecule has 2 saturated heterocycles. The topological polar surface area (TPSA) is 104 Å². The van der Waals surface area contributed by atoms with Crippen LogP contribution < -0.4 is 11.1 Å². The molecular weight excluding hydrogens is 476 g/mol. The van der Waals surface area contributed by atoms with E-state index in [9.17, 15) is 9.59 Å². The lowest BCUT2D eigenvalue weighted by Gasteiger charge is -2.30. The van der Waals surface area contributed by atoms with Crippen LogP contribution in [0.4, 0.5) is 11.5 Å². The van der Waals surface area contributed by atoms with Crippen molar-refractivity contribution >= 4 is 34.2 Å². The van der Waals surface area contributed by atoms with Crippen molar-refractivity contribution in [3.05, 3.63) is 59.9 Å². The summed E-state index contributed by atoms with van der Waals surface area (Å²) in [5.41, 5.74) is 9.60. The van der Waals surface area contributed by atoms with Crippen molar-refractivity contribution in [1.29, 1.82) is 0 Å². The molecule has 2 aliphatic rings. The Kier molecular flexibility index (Phi) is 9.29. The number of rotatable bonds is 3. The maximum Gasteiger partial charge on any atom is 0.313 e. The molecule has 2 aromatic heterocycles. The summed E-state index contributed by atoms with van der Waals surface area (Å²) in [5.74, 6) is 0.504. The fourth-order valence-electron chi connectivity index (χ4n) is 5.23. The van der Waals surface area contributed by atoms with Gasteiger partial charge in [-0.15, -0.1) is 0 Å². The van der Waals surface area contributed by atoms with Crippen LogP contribution in [0.1, 0.15) is 56.6 Å². The number of para-hydroxylation sites is 1. The van der Waals surface area contributed by atoms with Crippen LogP contribution in [0.5, 0.6) is 0 Å². The summed E-state index contributed by atoms with van der Waals surface area (Å²) in [6.07, 6.45) is 8.83. The molecule has 1 aromatic carbocycles. The Labute approximate surface area is 225 Å². The molecule has 5 rings (SSSR count). The molecule has 1 unspecified atom stereocenters. The first kappa shape index (κ1) is 27.5. The molecule has 0 saturated carbocycles. The number of nitrogens with two attached hydrogens (primary N) is 1. The van der Waals surface area contributed by atoms with Crippen LogP contribution in [0.3, 0.4) is 0 Å². The smallest absolute Gasteiger partial charge is 0.313 e. The quantitative estimate of drug-likeness (QED) is 0.498. The molecule has 0 bridgehead atoms. The molecule has 3 N–H and O–H groups in total. The van der Waals surface area contributed by atoms with Gasteiger partial charge in [-0.1, -0.05) is 32.0 Å². The average Bonchev–Trinajstić information content (AvgIpc) is 2.94. The molecule has 2 fully saturated rings. The Morgan fingerprint density at radius 2 is 1.82 bits per heavy atom. The molecular formula is C30H40N6O2. The normalized spacial score (nSPS) is 18.5. The molecule has 0 spiro atoms. The van der Waals surface area contributed by atoms with Crippen LogP contribution in [0.25, 0.3) is 10.9 Å². The lowest BCUT2D eigenvalue weighted by atomic mass is 9.90. The third kappa shape index (κ3) is 7.07. The minimum atomic E-state index is -0.613. The third-order valence-electron chi connectivity index (χ3n) is 7.58. The van der Waals surface area contributed by atoms with Gasteiger partial charge in [-0.25, -0.2) is 4.98 Å². The highest BCUT2D eigenvalue weighted by Crippen LogP contribution is 2.28. The highest BCUT2D eigenvalue weighted by Gasteiger charge is 2.26. The molecule has 1 atom stereocenters. The largest absolute Gasteiger partial charge is 0.383 e.